The Morgan fingerprint density at radius 3 is 2.35 bits per heavy atom. The monoisotopic (exact) mass is 328 g/mol. The fourth-order valence-corrected chi connectivity index (χ4v) is 2.10. The number of halogens is 5. The summed E-state index contributed by atoms with van der Waals surface area (Å²) in [6.07, 6.45) is -4.79. The Balaban J connectivity index is 2.19. The summed E-state index contributed by atoms with van der Waals surface area (Å²) in [5.41, 5.74) is -0.130. The summed E-state index contributed by atoms with van der Waals surface area (Å²) in [7, 11) is 0. The van der Waals surface area contributed by atoms with E-state index in [-0.39, 0.29) is 16.9 Å². The molecule has 0 saturated heterocycles. The van der Waals surface area contributed by atoms with E-state index in [1.54, 1.807) is 6.92 Å². The zero-order chi connectivity index (χ0) is 16.8. The normalized spacial score (nSPS) is 11.9. The first-order chi connectivity index (χ1) is 10.8. The number of nitrogens with one attached hydrogen (secondary N) is 2. The molecule has 0 aliphatic heterocycles. The van der Waals surface area contributed by atoms with Gasteiger partial charge in [0.1, 0.15) is 28.8 Å². The van der Waals surface area contributed by atoms with Crippen LogP contribution in [0.5, 0.6) is 0 Å². The van der Waals surface area contributed by atoms with Crippen LogP contribution in [-0.4, -0.2) is 15.0 Å². The van der Waals surface area contributed by atoms with Crippen molar-refractivity contribution in [2.45, 2.75) is 13.1 Å². The predicted octanol–water partition coefficient (Wildman–Crippen LogP) is 4.31. The van der Waals surface area contributed by atoms with E-state index in [4.69, 9.17) is 0 Å². The minimum absolute atomic E-state index is 0.0796. The Bertz CT molecular complexity index is 864. The van der Waals surface area contributed by atoms with Crippen LogP contribution in [0.15, 0.2) is 24.3 Å². The molecule has 0 aliphatic rings. The number of alkyl halides is 3. The van der Waals surface area contributed by atoms with Crippen molar-refractivity contribution < 1.29 is 22.0 Å². The van der Waals surface area contributed by atoms with E-state index in [0.29, 0.717) is 5.69 Å². The van der Waals surface area contributed by atoms with Gasteiger partial charge in [-0.25, -0.2) is 18.7 Å². The van der Waals surface area contributed by atoms with Crippen molar-refractivity contribution in [3.8, 4) is 0 Å². The van der Waals surface area contributed by atoms with Crippen LogP contribution in [0.3, 0.4) is 0 Å². The third kappa shape index (κ3) is 2.81. The SMILES string of the molecule is Cc1cc2c(Nc3c(F)cccc3F)nc(C(F)(F)F)nc2[nH]1. The molecule has 0 radical (unpaired) electrons. The van der Waals surface area contributed by atoms with Gasteiger partial charge in [0.2, 0.25) is 5.82 Å². The second-order valence-electron chi connectivity index (χ2n) is 4.83. The predicted molar refractivity (Wildman–Crippen MR) is 73.3 cm³/mol. The first-order valence-corrected chi connectivity index (χ1v) is 6.41. The molecule has 4 nitrogen and oxygen atoms in total. The number of aromatic amines is 1. The fraction of sp³-hybridized carbons (Fsp3) is 0.143. The van der Waals surface area contributed by atoms with Crippen molar-refractivity contribution >= 4 is 22.5 Å². The molecule has 3 aromatic rings. The first kappa shape index (κ1) is 15.2. The number of aryl methyl sites for hydroxylation is 1. The first-order valence-electron chi connectivity index (χ1n) is 6.41. The molecule has 0 atom stereocenters. The van der Waals surface area contributed by atoms with Crippen LogP contribution in [-0.2, 0) is 6.18 Å². The second kappa shape index (κ2) is 5.18. The Kier molecular flexibility index (Phi) is 3.42. The van der Waals surface area contributed by atoms with E-state index >= 15 is 0 Å². The van der Waals surface area contributed by atoms with E-state index in [1.807, 2.05) is 0 Å². The number of H-pyrrole nitrogens is 1. The van der Waals surface area contributed by atoms with E-state index in [2.05, 4.69) is 20.3 Å². The molecule has 120 valence electrons. The third-order valence-corrected chi connectivity index (χ3v) is 3.08. The topological polar surface area (TPSA) is 53.6 Å². The van der Waals surface area contributed by atoms with Gasteiger partial charge < -0.3 is 10.3 Å². The van der Waals surface area contributed by atoms with Crippen LogP contribution in [0.4, 0.5) is 33.5 Å². The van der Waals surface area contributed by atoms with Gasteiger partial charge in [-0.3, -0.25) is 0 Å². The van der Waals surface area contributed by atoms with Gasteiger partial charge in [0.25, 0.3) is 0 Å². The maximum atomic E-state index is 13.7. The smallest absolute Gasteiger partial charge is 0.343 e. The number of hydrogen-bond donors (Lipinski definition) is 2. The summed E-state index contributed by atoms with van der Waals surface area (Å²) in [4.78, 5) is 9.41. The van der Waals surface area contributed by atoms with Crippen molar-refractivity contribution in [2.24, 2.45) is 0 Å². The van der Waals surface area contributed by atoms with Crippen molar-refractivity contribution in [2.75, 3.05) is 5.32 Å². The number of hydrogen-bond acceptors (Lipinski definition) is 3. The van der Waals surface area contributed by atoms with E-state index in [1.165, 1.54) is 6.07 Å². The second-order valence-corrected chi connectivity index (χ2v) is 4.83. The van der Waals surface area contributed by atoms with Crippen LogP contribution in [0, 0.1) is 18.6 Å². The molecule has 0 aliphatic carbocycles. The lowest BCUT2D eigenvalue weighted by atomic mass is 10.2. The van der Waals surface area contributed by atoms with E-state index < -0.39 is 29.3 Å². The molecule has 0 saturated carbocycles. The van der Waals surface area contributed by atoms with Gasteiger partial charge in [-0.2, -0.15) is 13.2 Å². The summed E-state index contributed by atoms with van der Waals surface area (Å²) in [6, 6.07) is 4.59. The van der Waals surface area contributed by atoms with Crippen molar-refractivity contribution in [1.29, 1.82) is 0 Å². The highest BCUT2D eigenvalue weighted by molar-refractivity contribution is 5.89. The molecule has 23 heavy (non-hydrogen) atoms. The zero-order valence-corrected chi connectivity index (χ0v) is 11.6. The number of aromatic nitrogens is 3. The molecule has 0 amide bonds. The lowest BCUT2D eigenvalue weighted by molar-refractivity contribution is -0.144. The minimum Gasteiger partial charge on any atom is -0.343 e. The highest BCUT2D eigenvalue weighted by atomic mass is 19.4. The highest BCUT2D eigenvalue weighted by Gasteiger charge is 2.36. The minimum atomic E-state index is -4.79. The molecule has 2 N–H and O–H groups in total. The largest absolute Gasteiger partial charge is 0.451 e. The number of rotatable bonds is 2. The molecule has 2 aromatic heterocycles. The summed E-state index contributed by atoms with van der Waals surface area (Å²) in [5, 5.41) is 2.48. The molecular weight excluding hydrogens is 319 g/mol. The van der Waals surface area contributed by atoms with Crippen LogP contribution >= 0.6 is 0 Å². The Morgan fingerprint density at radius 2 is 1.74 bits per heavy atom. The number of para-hydroxylation sites is 1. The van der Waals surface area contributed by atoms with Gasteiger partial charge in [0, 0.05) is 5.69 Å². The van der Waals surface area contributed by atoms with Gasteiger partial charge in [0.05, 0.1) is 5.39 Å². The molecule has 2 heterocycles. The average Bonchev–Trinajstić information content (AvgIpc) is 2.82. The zero-order valence-electron chi connectivity index (χ0n) is 11.6. The van der Waals surface area contributed by atoms with E-state index in [9.17, 15) is 22.0 Å². The Morgan fingerprint density at radius 1 is 1.09 bits per heavy atom. The quantitative estimate of drug-likeness (QED) is 0.689. The highest BCUT2D eigenvalue weighted by Crippen LogP contribution is 2.32. The van der Waals surface area contributed by atoms with Gasteiger partial charge in [-0.05, 0) is 25.1 Å². The summed E-state index contributed by atoms with van der Waals surface area (Å²) in [6.45, 7) is 1.61. The van der Waals surface area contributed by atoms with Crippen LogP contribution in [0.25, 0.3) is 11.0 Å². The number of nitrogens with zero attached hydrogens (tertiary/aromatic N) is 2. The average molecular weight is 328 g/mol. The molecular formula is C14H9F5N4. The lowest BCUT2D eigenvalue weighted by Gasteiger charge is -2.11. The van der Waals surface area contributed by atoms with Crippen LogP contribution in [0.2, 0.25) is 0 Å². The summed E-state index contributed by atoms with van der Waals surface area (Å²) < 4.78 is 66.1. The molecule has 0 bridgehead atoms. The number of anilines is 2. The summed E-state index contributed by atoms with van der Waals surface area (Å²) >= 11 is 0. The van der Waals surface area contributed by atoms with E-state index in [0.717, 1.165) is 18.2 Å². The molecule has 0 fully saturated rings. The lowest BCUT2D eigenvalue weighted by Crippen LogP contribution is -2.13. The van der Waals surface area contributed by atoms with Gasteiger partial charge in [0.15, 0.2) is 0 Å². The standard InChI is InChI=1S/C14H9F5N4/c1-6-5-7-11(20-6)22-13(14(17,18)19)23-12(7)21-10-8(15)3-2-4-9(10)16/h2-5H,1H3,(H2,20,21,22,23). The maximum absolute atomic E-state index is 13.7. The fourth-order valence-electron chi connectivity index (χ4n) is 2.10. The molecule has 1 aromatic carbocycles. The van der Waals surface area contributed by atoms with Gasteiger partial charge >= 0.3 is 6.18 Å². The molecule has 3 rings (SSSR count). The Hall–Kier alpha value is -2.71. The Labute approximate surface area is 126 Å². The van der Waals surface area contributed by atoms with Crippen molar-refractivity contribution in [3.63, 3.8) is 0 Å². The third-order valence-electron chi connectivity index (χ3n) is 3.08. The number of benzene rings is 1. The van der Waals surface area contributed by atoms with Crippen LogP contribution in [0.1, 0.15) is 11.5 Å². The maximum Gasteiger partial charge on any atom is 0.451 e. The van der Waals surface area contributed by atoms with Crippen LogP contribution < -0.4 is 5.32 Å². The summed E-state index contributed by atoms with van der Waals surface area (Å²) in [5.74, 6) is -3.64. The molecule has 9 heteroatoms. The van der Waals surface area contributed by atoms with Gasteiger partial charge in [-0.15, -0.1) is 0 Å². The molecule has 0 unspecified atom stereocenters. The van der Waals surface area contributed by atoms with Crippen molar-refractivity contribution in [1.82, 2.24) is 15.0 Å². The number of fused-ring (bicyclic) bond motifs is 1. The van der Waals surface area contributed by atoms with Gasteiger partial charge in [-0.1, -0.05) is 6.07 Å². The molecule has 0 spiro atoms. The van der Waals surface area contributed by atoms with Crippen molar-refractivity contribution in [3.05, 3.63) is 47.4 Å².